The van der Waals surface area contributed by atoms with Gasteiger partial charge in [-0.15, -0.1) is 0 Å². The molecule has 0 fully saturated rings. The first-order valence-electron chi connectivity index (χ1n) is 6.50. The second kappa shape index (κ2) is 6.05. The minimum absolute atomic E-state index is 0.0153. The van der Waals surface area contributed by atoms with Gasteiger partial charge in [0.05, 0.1) is 17.2 Å². The quantitative estimate of drug-likeness (QED) is 0.798. The van der Waals surface area contributed by atoms with Crippen molar-refractivity contribution in [1.29, 1.82) is 5.26 Å². The lowest BCUT2D eigenvalue weighted by Gasteiger charge is -2.27. The van der Waals surface area contributed by atoms with Crippen LogP contribution < -0.4 is 4.90 Å². The highest BCUT2D eigenvalue weighted by Gasteiger charge is 2.43. The lowest BCUT2D eigenvalue weighted by Crippen LogP contribution is -2.44. The highest BCUT2D eigenvalue weighted by atomic mass is 35.5. The molecule has 0 N–H and O–H groups in total. The van der Waals surface area contributed by atoms with Crippen LogP contribution in [0.2, 0.25) is 5.02 Å². The van der Waals surface area contributed by atoms with Crippen LogP contribution >= 0.6 is 11.6 Å². The van der Waals surface area contributed by atoms with Crippen LogP contribution in [0, 0.1) is 11.3 Å². The molecule has 0 radical (unpaired) electrons. The van der Waals surface area contributed by atoms with E-state index >= 15 is 0 Å². The molecule has 22 heavy (non-hydrogen) atoms. The van der Waals surface area contributed by atoms with E-state index in [2.05, 4.69) is 0 Å². The normalized spacial score (nSPS) is 17.1. The summed E-state index contributed by atoms with van der Waals surface area (Å²) in [5.41, 5.74) is 0.735. The number of nitriles is 1. The Hall–Kier alpha value is -1.94. The molecule has 1 aliphatic heterocycles. The Kier molecular flexibility index (Phi) is 4.52. The van der Waals surface area contributed by atoms with Crippen LogP contribution in [0.3, 0.4) is 0 Å². The minimum Gasteiger partial charge on any atom is -0.464 e. The second-order valence-corrected chi connectivity index (χ2v) is 5.13. The number of ether oxygens (including phenoxy) is 1. The average molecular weight is 333 g/mol. The predicted molar refractivity (Wildman–Crippen MR) is 73.7 cm³/mol. The zero-order chi connectivity index (χ0) is 16.5. The van der Waals surface area contributed by atoms with Gasteiger partial charge in [0.15, 0.2) is 0 Å². The number of carbonyl (C=O) groups is 1. The van der Waals surface area contributed by atoms with E-state index in [1.165, 1.54) is 12.1 Å². The van der Waals surface area contributed by atoms with Crippen molar-refractivity contribution in [2.75, 3.05) is 18.1 Å². The Balaban J connectivity index is 2.45. The fourth-order valence-corrected chi connectivity index (χ4v) is 2.75. The van der Waals surface area contributed by atoms with Gasteiger partial charge >= 0.3 is 12.1 Å². The molecule has 1 aromatic rings. The van der Waals surface area contributed by atoms with Gasteiger partial charge in [0.1, 0.15) is 18.7 Å². The SMILES string of the molecule is CCOC(=O)C1Cc2c(ccc(C#N)c2Cl)N1CC(F)(F)F. The van der Waals surface area contributed by atoms with Crippen molar-refractivity contribution in [2.24, 2.45) is 0 Å². The van der Waals surface area contributed by atoms with Crippen LogP contribution in [0.1, 0.15) is 18.1 Å². The molecule has 1 atom stereocenters. The fraction of sp³-hybridized carbons (Fsp3) is 0.429. The van der Waals surface area contributed by atoms with Gasteiger partial charge in [-0.05, 0) is 24.6 Å². The molecule has 8 heteroatoms. The number of fused-ring (bicyclic) bond motifs is 1. The molecular weight excluding hydrogens is 321 g/mol. The van der Waals surface area contributed by atoms with E-state index in [1.807, 2.05) is 6.07 Å². The third kappa shape index (κ3) is 3.12. The van der Waals surface area contributed by atoms with Crippen LogP contribution in [0.25, 0.3) is 0 Å². The number of nitrogens with zero attached hydrogens (tertiary/aromatic N) is 2. The number of rotatable bonds is 3. The molecular formula is C14H12ClF3N2O2. The number of anilines is 1. The molecule has 1 heterocycles. The van der Waals surface area contributed by atoms with Gasteiger partial charge in [-0.2, -0.15) is 18.4 Å². The molecule has 4 nitrogen and oxygen atoms in total. The molecule has 2 rings (SSSR count). The number of alkyl halides is 3. The van der Waals surface area contributed by atoms with Gasteiger partial charge in [0.25, 0.3) is 0 Å². The van der Waals surface area contributed by atoms with Crippen molar-refractivity contribution < 1.29 is 22.7 Å². The van der Waals surface area contributed by atoms with E-state index in [0.29, 0.717) is 5.56 Å². The van der Waals surface area contributed by atoms with Gasteiger partial charge in [-0.1, -0.05) is 11.6 Å². The zero-order valence-corrected chi connectivity index (χ0v) is 12.3. The highest BCUT2D eigenvalue weighted by Crippen LogP contribution is 2.40. The molecule has 1 unspecified atom stereocenters. The maximum Gasteiger partial charge on any atom is 0.405 e. The first-order valence-corrected chi connectivity index (χ1v) is 6.87. The number of benzene rings is 1. The summed E-state index contributed by atoms with van der Waals surface area (Å²) in [7, 11) is 0. The van der Waals surface area contributed by atoms with E-state index in [-0.39, 0.29) is 29.3 Å². The Bertz CT molecular complexity index is 640. The van der Waals surface area contributed by atoms with Crippen LogP contribution in [0.5, 0.6) is 0 Å². The number of carbonyl (C=O) groups excluding carboxylic acids is 1. The summed E-state index contributed by atoms with van der Waals surface area (Å²) in [6, 6.07) is 3.50. The standard InChI is InChI=1S/C14H12ClF3N2O2/c1-2-22-13(21)11-5-9-10(20(11)7-14(16,17)18)4-3-8(6-19)12(9)15/h3-4,11H,2,5,7H2,1H3. The lowest BCUT2D eigenvalue weighted by molar-refractivity contribution is -0.146. The van der Waals surface area contributed by atoms with Crippen LogP contribution in [-0.2, 0) is 16.0 Å². The molecule has 0 amide bonds. The van der Waals surface area contributed by atoms with Crippen LogP contribution in [0.4, 0.5) is 18.9 Å². The maximum atomic E-state index is 12.8. The molecule has 0 saturated heterocycles. The molecule has 0 saturated carbocycles. The van der Waals surface area contributed by atoms with Crippen molar-refractivity contribution in [3.63, 3.8) is 0 Å². The van der Waals surface area contributed by atoms with Gasteiger partial charge in [-0.25, -0.2) is 4.79 Å². The molecule has 0 aliphatic carbocycles. The largest absolute Gasteiger partial charge is 0.464 e. The van der Waals surface area contributed by atoms with Crippen LogP contribution in [-0.4, -0.2) is 31.3 Å². The van der Waals surface area contributed by atoms with Gasteiger partial charge in [0, 0.05) is 12.1 Å². The predicted octanol–water partition coefficient (Wildman–Crippen LogP) is 3.07. The molecule has 118 valence electrons. The highest BCUT2D eigenvalue weighted by molar-refractivity contribution is 6.33. The van der Waals surface area contributed by atoms with Crippen molar-refractivity contribution in [3.8, 4) is 6.07 Å². The van der Waals surface area contributed by atoms with Gasteiger partial charge in [0.2, 0.25) is 0 Å². The number of hydrogen-bond donors (Lipinski definition) is 0. The van der Waals surface area contributed by atoms with E-state index in [9.17, 15) is 18.0 Å². The van der Waals surface area contributed by atoms with Crippen molar-refractivity contribution in [1.82, 2.24) is 0 Å². The zero-order valence-electron chi connectivity index (χ0n) is 11.6. The fourth-order valence-electron chi connectivity index (χ4n) is 2.47. The second-order valence-electron chi connectivity index (χ2n) is 4.75. The summed E-state index contributed by atoms with van der Waals surface area (Å²) in [6.07, 6.45) is -4.49. The van der Waals surface area contributed by atoms with Crippen molar-refractivity contribution in [2.45, 2.75) is 25.6 Å². The summed E-state index contributed by atoms with van der Waals surface area (Å²) in [5.74, 6) is -0.738. The molecule has 0 aromatic heterocycles. The minimum atomic E-state index is -4.48. The number of hydrogen-bond acceptors (Lipinski definition) is 4. The maximum absolute atomic E-state index is 12.8. The lowest BCUT2D eigenvalue weighted by atomic mass is 10.1. The monoisotopic (exact) mass is 332 g/mol. The van der Waals surface area contributed by atoms with E-state index in [4.69, 9.17) is 21.6 Å². The van der Waals surface area contributed by atoms with Crippen LogP contribution in [0.15, 0.2) is 12.1 Å². The Morgan fingerprint density at radius 3 is 2.77 bits per heavy atom. The Morgan fingerprint density at radius 2 is 2.23 bits per heavy atom. The summed E-state index contributed by atoms with van der Waals surface area (Å²) in [6.45, 7) is 0.364. The van der Waals surface area contributed by atoms with Gasteiger partial charge in [-0.3, -0.25) is 0 Å². The molecule has 1 aliphatic rings. The summed E-state index contributed by atoms with van der Waals surface area (Å²) in [5, 5.41) is 9.02. The molecule has 0 spiro atoms. The third-order valence-electron chi connectivity index (χ3n) is 3.33. The van der Waals surface area contributed by atoms with Crippen molar-refractivity contribution >= 4 is 23.3 Å². The summed E-state index contributed by atoms with van der Waals surface area (Å²) < 4.78 is 43.2. The summed E-state index contributed by atoms with van der Waals surface area (Å²) >= 11 is 6.06. The third-order valence-corrected chi connectivity index (χ3v) is 3.76. The van der Waals surface area contributed by atoms with Crippen molar-refractivity contribution in [3.05, 3.63) is 28.3 Å². The number of esters is 1. The Labute approximate surface area is 130 Å². The van der Waals surface area contributed by atoms with Gasteiger partial charge < -0.3 is 9.64 Å². The first-order chi connectivity index (χ1) is 10.3. The van der Waals surface area contributed by atoms with E-state index < -0.39 is 24.7 Å². The first kappa shape index (κ1) is 16.4. The van der Waals surface area contributed by atoms with E-state index in [0.717, 1.165) is 4.90 Å². The number of halogens is 4. The topological polar surface area (TPSA) is 53.3 Å². The van der Waals surface area contributed by atoms with E-state index in [1.54, 1.807) is 6.92 Å². The molecule has 1 aromatic carbocycles. The molecule has 0 bridgehead atoms. The Morgan fingerprint density at radius 1 is 1.55 bits per heavy atom. The smallest absolute Gasteiger partial charge is 0.405 e. The average Bonchev–Trinajstić information content (AvgIpc) is 2.77. The summed E-state index contributed by atoms with van der Waals surface area (Å²) in [4.78, 5) is 12.9.